The van der Waals surface area contributed by atoms with Crippen LogP contribution in [0.15, 0.2) is 22.7 Å². The van der Waals surface area contributed by atoms with Gasteiger partial charge in [-0.15, -0.1) is 0 Å². The number of rotatable bonds is 4. The van der Waals surface area contributed by atoms with E-state index in [0.717, 1.165) is 5.92 Å². The minimum Gasteiger partial charge on any atom is -0.371 e. The number of anilines is 1. The summed E-state index contributed by atoms with van der Waals surface area (Å²) in [6.45, 7) is 4.57. The minimum absolute atomic E-state index is 0.389. The van der Waals surface area contributed by atoms with Gasteiger partial charge >= 0.3 is 0 Å². The van der Waals surface area contributed by atoms with Crippen molar-refractivity contribution < 1.29 is 0 Å². The second-order valence-electron chi connectivity index (χ2n) is 6.26. The third-order valence-electron chi connectivity index (χ3n) is 4.74. The fourth-order valence-electron chi connectivity index (χ4n) is 3.20. The molecule has 0 aliphatic heterocycles. The normalized spacial score (nSPS) is 24.4. The molecule has 1 saturated carbocycles. The monoisotopic (exact) mass is 338 g/mol. The van der Waals surface area contributed by atoms with Gasteiger partial charge in [0.05, 0.1) is 5.69 Å². The number of nitrogens with zero attached hydrogens (tertiary/aromatic N) is 1. The Labute approximate surface area is 132 Å². The van der Waals surface area contributed by atoms with Crippen molar-refractivity contribution in [1.82, 2.24) is 5.32 Å². The number of nitrogens with one attached hydrogen (secondary N) is 1. The summed E-state index contributed by atoms with van der Waals surface area (Å²) in [4.78, 5) is 2.47. The molecule has 1 aromatic rings. The molecule has 0 spiro atoms. The standard InChI is InChI=1S/C17H27BrN2/c1-12-6-5-7-15(10-12)20(4)17-9-8-14(11-16(17)18)13(2)19-3/h8-9,11-13,15,19H,5-7,10H2,1-4H3. The van der Waals surface area contributed by atoms with E-state index in [2.05, 4.69) is 65.2 Å². The molecule has 1 fully saturated rings. The zero-order chi connectivity index (χ0) is 14.7. The van der Waals surface area contributed by atoms with Crippen molar-refractivity contribution in [2.75, 3.05) is 19.0 Å². The second kappa shape index (κ2) is 6.95. The van der Waals surface area contributed by atoms with Crippen molar-refractivity contribution in [3.63, 3.8) is 0 Å². The maximum atomic E-state index is 3.76. The highest BCUT2D eigenvalue weighted by Gasteiger charge is 2.23. The van der Waals surface area contributed by atoms with E-state index in [-0.39, 0.29) is 0 Å². The van der Waals surface area contributed by atoms with Crippen LogP contribution >= 0.6 is 15.9 Å². The zero-order valence-corrected chi connectivity index (χ0v) is 14.7. The fraction of sp³-hybridized carbons (Fsp3) is 0.647. The molecule has 1 aliphatic rings. The minimum atomic E-state index is 0.389. The van der Waals surface area contributed by atoms with E-state index >= 15 is 0 Å². The summed E-state index contributed by atoms with van der Waals surface area (Å²) >= 11 is 3.76. The average Bonchev–Trinajstić information content (AvgIpc) is 2.45. The van der Waals surface area contributed by atoms with Gasteiger partial charge in [-0.05, 0) is 66.4 Å². The number of benzene rings is 1. The summed E-state index contributed by atoms with van der Waals surface area (Å²) < 4.78 is 1.21. The Hall–Kier alpha value is -0.540. The zero-order valence-electron chi connectivity index (χ0n) is 13.1. The number of hydrogen-bond acceptors (Lipinski definition) is 2. The lowest BCUT2D eigenvalue weighted by Gasteiger charge is -2.36. The molecular weight excluding hydrogens is 312 g/mol. The molecule has 3 atom stereocenters. The van der Waals surface area contributed by atoms with Gasteiger partial charge in [0.2, 0.25) is 0 Å². The third kappa shape index (κ3) is 3.56. The maximum absolute atomic E-state index is 3.76. The van der Waals surface area contributed by atoms with Crippen molar-refractivity contribution >= 4 is 21.6 Å². The van der Waals surface area contributed by atoms with Gasteiger partial charge in [-0.3, -0.25) is 0 Å². The highest BCUT2D eigenvalue weighted by atomic mass is 79.9. The number of halogens is 1. The predicted molar refractivity (Wildman–Crippen MR) is 91.4 cm³/mol. The van der Waals surface area contributed by atoms with Crippen LogP contribution in [0.25, 0.3) is 0 Å². The Bertz CT molecular complexity index is 447. The van der Waals surface area contributed by atoms with Gasteiger partial charge in [0.1, 0.15) is 0 Å². The molecule has 3 heteroatoms. The fourth-order valence-corrected chi connectivity index (χ4v) is 3.87. The Morgan fingerprint density at radius 1 is 1.35 bits per heavy atom. The van der Waals surface area contributed by atoms with Crippen molar-refractivity contribution in [2.24, 2.45) is 5.92 Å². The van der Waals surface area contributed by atoms with Gasteiger partial charge in [-0.1, -0.05) is 25.8 Å². The van der Waals surface area contributed by atoms with Gasteiger partial charge < -0.3 is 10.2 Å². The van der Waals surface area contributed by atoms with E-state index in [1.807, 2.05) is 7.05 Å². The molecule has 2 nitrogen and oxygen atoms in total. The lowest BCUT2D eigenvalue weighted by atomic mass is 9.86. The smallest absolute Gasteiger partial charge is 0.0510 e. The van der Waals surface area contributed by atoms with Gasteiger partial charge in [0, 0.05) is 23.6 Å². The first-order valence-corrected chi connectivity index (χ1v) is 8.51. The summed E-state index contributed by atoms with van der Waals surface area (Å²) in [6, 6.07) is 7.82. The number of hydrogen-bond donors (Lipinski definition) is 1. The van der Waals surface area contributed by atoms with Crippen LogP contribution in [-0.2, 0) is 0 Å². The van der Waals surface area contributed by atoms with Crippen molar-refractivity contribution in [3.05, 3.63) is 28.2 Å². The molecular formula is C17H27BrN2. The molecule has 0 aromatic heterocycles. The molecule has 1 N–H and O–H groups in total. The average molecular weight is 339 g/mol. The Kier molecular flexibility index (Phi) is 5.50. The summed E-state index contributed by atoms with van der Waals surface area (Å²) in [5.41, 5.74) is 2.64. The van der Waals surface area contributed by atoms with Crippen LogP contribution in [-0.4, -0.2) is 20.1 Å². The van der Waals surface area contributed by atoms with E-state index in [4.69, 9.17) is 0 Å². The van der Waals surface area contributed by atoms with Crippen LogP contribution in [0.4, 0.5) is 5.69 Å². The van der Waals surface area contributed by atoms with Crippen LogP contribution in [0.3, 0.4) is 0 Å². The highest BCUT2D eigenvalue weighted by molar-refractivity contribution is 9.10. The molecule has 0 bridgehead atoms. The quantitative estimate of drug-likeness (QED) is 0.852. The summed E-state index contributed by atoms with van der Waals surface area (Å²) in [5.74, 6) is 0.860. The molecule has 20 heavy (non-hydrogen) atoms. The Morgan fingerprint density at radius 3 is 2.70 bits per heavy atom. The van der Waals surface area contributed by atoms with Crippen LogP contribution in [0.2, 0.25) is 0 Å². The topological polar surface area (TPSA) is 15.3 Å². The molecule has 0 amide bonds. The SMILES string of the molecule is CNC(C)c1ccc(N(C)C2CCCC(C)C2)c(Br)c1. The van der Waals surface area contributed by atoms with Crippen molar-refractivity contribution in [1.29, 1.82) is 0 Å². The first-order valence-electron chi connectivity index (χ1n) is 7.72. The lowest BCUT2D eigenvalue weighted by molar-refractivity contribution is 0.336. The largest absolute Gasteiger partial charge is 0.371 e. The van der Waals surface area contributed by atoms with E-state index < -0.39 is 0 Å². The maximum Gasteiger partial charge on any atom is 0.0510 e. The third-order valence-corrected chi connectivity index (χ3v) is 5.38. The van der Waals surface area contributed by atoms with Gasteiger partial charge in [-0.2, -0.15) is 0 Å². The summed E-state index contributed by atoms with van der Waals surface area (Å²) in [7, 11) is 4.24. The van der Waals surface area contributed by atoms with E-state index in [0.29, 0.717) is 12.1 Å². The summed E-state index contributed by atoms with van der Waals surface area (Å²) in [6.07, 6.45) is 5.40. The van der Waals surface area contributed by atoms with Crippen molar-refractivity contribution in [3.8, 4) is 0 Å². The second-order valence-corrected chi connectivity index (χ2v) is 7.11. The van der Waals surface area contributed by atoms with Crippen LogP contribution < -0.4 is 10.2 Å². The lowest BCUT2D eigenvalue weighted by Crippen LogP contribution is -2.35. The van der Waals surface area contributed by atoms with Crippen LogP contribution in [0, 0.1) is 5.92 Å². The van der Waals surface area contributed by atoms with Crippen molar-refractivity contribution in [2.45, 2.75) is 51.6 Å². The van der Waals surface area contributed by atoms with Crippen LogP contribution in [0.1, 0.15) is 51.1 Å². The molecule has 112 valence electrons. The molecule has 1 aromatic carbocycles. The molecule has 1 aliphatic carbocycles. The van der Waals surface area contributed by atoms with Crippen LogP contribution in [0.5, 0.6) is 0 Å². The van der Waals surface area contributed by atoms with E-state index in [1.165, 1.54) is 41.4 Å². The molecule has 3 unspecified atom stereocenters. The Morgan fingerprint density at radius 2 is 2.10 bits per heavy atom. The van der Waals surface area contributed by atoms with E-state index in [9.17, 15) is 0 Å². The van der Waals surface area contributed by atoms with Gasteiger partial charge in [0.25, 0.3) is 0 Å². The van der Waals surface area contributed by atoms with E-state index in [1.54, 1.807) is 0 Å². The van der Waals surface area contributed by atoms with Gasteiger partial charge in [-0.25, -0.2) is 0 Å². The molecule has 0 heterocycles. The molecule has 0 saturated heterocycles. The molecule has 0 radical (unpaired) electrons. The molecule has 2 rings (SSSR count). The first-order chi connectivity index (χ1) is 9.52. The predicted octanol–water partition coefficient (Wildman–Crippen LogP) is 4.74. The highest BCUT2D eigenvalue weighted by Crippen LogP contribution is 2.34. The summed E-state index contributed by atoms with van der Waals surface area (Å²) in [5, 5.41) is 3.29. The Balaban J connectivity index is 2.15. The first kappa shape index (κ1) is 15.8. The van der Waals surface area contributed by atoms with Gasteiger partial charge in [0.15, 0.2) is 0 Å².